The Bertz CT molecular complexity index is 1060. The van der Waals surface area contributed by atoms with Crippen molar-refractivity contribution in [1.82, 2.24) is 4.98 Å². The molecule has 0 saturated carbocycles. The number of para-hydroxylation sites is 1. The second kappa shape index (κ2) is 10.9. The van der Waals surface area contributed by atoms with Crippen molar-refractivity contribution in [3.05, 3.63) is 83.2 Å². The molecule has 1 atom stereocenters. The number of ether oxygens (including phenoxy) is 2. The van der Waals surface area contributed by atoms with Crippen molar-refractivity contribution in [1.29, 1.82) is 0 Å². The zero-order valence-corrected chi connectivity index (χ0v) is 19.5. The van der Waals surface area contributed by atoms with Crippen molar-refractivity contribution >= 4 is 11.6 Å². The molecule has 0 bridgehead atoms. The lowest BCUT2D eigenvalue weighted by Crippen LogP contribution is -2.18. The minimum absolute atomic E-state index is 0.0714. The number of aryl methyl sites for hydroxylation is 2. The lowest BCUT2D eigenvalue weighted by Gasteiger charge is -2.16. The van der Waals surface area contributed by atoms with Gasteiger partial charge in [-0.3, -0.25) is 9.78 Å². The summed E-state index contributed by atoms with van der Waals surface area (Å²) in [5.74, 6) is 1.30. The van der Waals surface area contributed by atoms with Crippen LogP contribution >= 0.6 is 0 Å². The van der Waals surface area contributed by atoms with Crippen LogP contribution in [0.15, 0.2) is 60.7 Å². The zero-order valence-electron chi connectivity index (χ0n) is 19.5. The van der Waals surface area contributed by atoms with Gasteiger partial charge in [-0.25, -0.2) is 0 Å². The smallest absolute Gasteiger partial charge is 0.257 e. The van der Waals surface area contributed by atoms with Crippen molar-refractivity contribution in [2.45, 2.75) is 59.7 Å². The molecule has 32 heavy (non-hydrogen) atoms. The van der Waals surface area contributed by atoms with Crippen molar-refractivity contribution < 1.29 is 14.3 Å². The van der Waals surface area contributed by atoms with E-state index in [0.29, 0.717) is 29.1 Å². The number of rotatable bonds is 9. The molecule has 0 saturated heterocycles. The monoisotopic (exact) mass is 432 g/mol. The highest BCUT2D eigenvalue weighted by atomic mass is 16.5. The zero-order chi connectivity index (χ0) is 23.1. The van der Waals surface area contributed by atoms with Gasteiger partial charge in [-0.05, 0) is 70.0 Å². The van der Waals surface area contributed by atoms with Crippen molar-refractivity contribution in [2.75, 3.05) is 5.32 Å². The Labute approximate surface area is 190 Å². The summed E-state index contributed by atoms with van der Waals surface area (Å²) in [6.07, 6.45) is 1.84. The number of pyridine rings is 1. The van der Waals surface area contributed by atoms with Gasteiger partial charge in [-0.2, -0.15) is 0 Å². The molecule has 0 aliphatic heterocycles. The Hall–Kier alpha value is -3.18. The van der Waals surface area contributed by atoms with Gasteiger partial charge in [0.1, 0.15) is 11.5 Å². The van der Waals surface area contributed by atoms with E-state index in [-0.39, 0.29) is 18.1 Å². The highest BCUT2D eigenvalue weighted by Gasteiger charge is 2.14. The molecular formula is C27H32N2O3. The van der Waals surface area contributed by atoms with E-state index in [0.717, 1.165) is 23.4 Å². The number of amides is 1. The van der Waals surface area contributed by atoms with Crippen molar-refractivity contribution in [3.63, 3.8) is 0 Å². The number of hydrogen-bond acceptors (Lipinski definition) is 4. The summed E-state index contributed by atoms with van der Waals surface area (Å²) in [6.45, 7) is 10.0. The molecule has 1 amide bonds. The van der Waals surface area contributed by atoms with Crippen LogP contribution in [0.3, 0.4) is 0 Å². The van der Waals surface area contributed by atoms with Crippen LogP contribution in [0.2, 0.25) is 0 Å². The molecule has 0 aliphatic rings. The van der Waals surface area contributed by atoms with Crippen molar-refractivity contribution in [3.8, 4) is 11.5 Å². The second-order valence-electron chi connectivity index (χ2n) is 8.18. The van der Waals surface area contributed by atoms with E-state index in [1.165, 1.54) is 0 Å². The SMILES string of the molecule is CCc1ccccc1Oc1cccc(NC(=O)c2ccc(CC(C)OC(C)C)nc2C)c1. The van der Waals surface area contributed by atoms with Gasteiger partial charge in [0.15, 0.2) is 0 Å². The maximum absolute atomic E-state index is 12.9. The largest absolute Gasteiger partial charge is 0.457 e. The van der Waals surface area contributed by atoms with Gasteiger partial charge in [-0.15, -0.1) is 0 Å². The standard InChI is InChI=1S/C27H32N2O3/c1-6-21-10-7-8-13-26(21)32-24-12-9-11-22(17-24)29-27(30)25-15-14-23(28-20(25)5)16-19(4)31-18(2)3/h7-15,17-19H,6,16H2,1-5H3,(H,29,30). The summed E-state index contributed by atoms with van der Waals surface area (Å²) in [6, 6.07) is 19.1. The van der Waals surface area contributed by atoms with Crippen LogP contribution in [0.25, 0.3) is 0 Å². The van der Waals surface area contributed by atoms with Gasteiger partial charge in [0.25, 0.3) is 5.91 Å². The Kier molecular flexibility index (Phi) is 8.01. The fourth-order valence-electron chi connectivity index (χ4n) is 3.63. The Morgan fingerprint density at radius 3 is 2.53 bits per heavy atom. The average Bonchev–Trinajstić information content (AvgIpc) is 2.73. The number of carbonyl (C=O) groups is 1. The van der Waals surface area contributed by atoms with E-state index in [1.807, 2.05) is 82.3 Å². The maximum atomic E-state index is 12.9. The number of anilines is 1. The van der Waals surface area contributed by atoms with Crippen LogP contribution in [0.5, 0.6) is 11.5 Å². The van der Waals surface area contributed by atoms with Gasteiger partial charge < -0.3 is 14.8 Å². The van der Waals surface area contributed by atoms with Crippen LogP contribution < -0.4 is 10.1 Å². The number of nitrogens with one attached hydrogen (secondary N) is 1. The fraction of sp³-hybridized carbons (Fsp3) is 0.333. The second-order valence-corrected chi connectivity index (χ2v) is 8.18. The molecular weight excluding hydrogens is 400 g/mol. The highest BCUT2D eigenvalue weighted by molar-refractivity contribution is 6.05. The molecule has 0 spiro atoms. The first-order chi connectivity index (χ1) is 15.4. The number of aromatic nitrogens is 1. The predicted molar refractivity (Wildman–Crippen MR) is 129 cm³/mol. The Morgan fingerprint density at radius 1 is 1.03 bits per heavy atom. The number of hydrogen-bond donors (Lipinski definition) is 1. The maximum Gasteiger partial charge on any atom is 0.257 e. The molecule has 1 heterocycles. The average molecular weight is 433 g/mol. The quantitative estimate of drug-likeness (QED) is 0.428. The van der Waals surface area contributed by atoms with Gasteiger partial charge in [0.2, 0.25) is 0 Å². The number of nitrogens with zero attached hydrogens (tertiary/aromatic N) is 1. The van der Waals surface area contributed by atoms with E-state index < -0.39 is 0 Å². The molecule has 2 aromatic carbocycles. The van der Waals surface area contributed by atoms with Crippen LogP contribution in [0.1, 0.15) is 55.0 Å². The van der Waals surface area contributed by atoms with E-state index in [1.54, 1.807) is 0 Å². The molecule has 1 aromatic heterocycles. The third-order valence-electron chi connectivity index (χ3n) is 5.06. The fourth-order valence-corrected chi connectivity index (χ4v) is 3.63. The molecule has 0 aliphatic carbocycles. The summed E-state index contributed by atoms with van der Waals surface area (Å²) < 4.78 is 11.8. The van der Waals surface area contributed by atoms with E-state index in [9.17, 15) is 4.79 Å². The van der Waals surface area contributed by atoms with Crippen LogP contribution in [-0.2, 0) is 17.6 Å². The van der Waals surface area contributed by atoms with E-state index >= 15 is 0 Å². The molecule has 168 valence electrons. The van der Waals surface area contributed by atoms with Crippen LogP contribution in [0.4, 0.5) is 5.69 Å². The van der Waals surface area contributed by atoms with E-state index in [4.69, 9.17) is 9.47 Å². The van der Waals surface area contributed by atoms with Gasteiger partial charge in [-0.1, -0.05) is 31.2 Å². The summed E-state index contributed by atoms with van der Waals surface area (Å²) in [5.41, 5.74) is 3.97. The minimum Gasteiger partial charge on any atom is -0.457 e. The van der Waals surface area contributed by atoms with E-state index in [2.05, 4.69) is 23.3 Å². The Morgan fingerprint density at radius 2 is 1.81 bits per heavy atom. The minimum atomic E-state index is -0.195. The third kappa shape index (κ3) is 6.41. The van der Waals surface area contributed by atoms with Gasteiger partial charge in [0, 0.05) is 23.9 Å². The lowest BCUT2D eigenvalue weighted by atomic mass is 10.1. The molecule has 1 unspecified atom stereocenters. The van der Waals surface area contributed by atoms with Crippen LogP contribution in [0, 0.1) is 6.92 Å². The summed E-state index contributed by atoms with van der Waals surface area (Å²) >= 11 is 0. The first kappa shape index (κ1) is 23.5. The summed E-state index contributed by atoms with van der Waals surface area (Å²) in [4.78, 5) is 17.5. The molecule has 5 heteroatoms. The number of benzene rings is 2. The molecule has 0 radical (unpaired) electrons. The topological polar surface area (TPSA) is 60.5 Å². The molecule has 1 N–H and O–H groups in total. The van der Waals surface area contributed by atoms with Gasteiger partial charge in [0.05, 0.1) is 23.5 Å². The molecule has 3 rings (SSSR count). The molecule has 5 nitrogen and oxygen atoms in total. The Balaban J connectivity index is 1.69. The predicted octanol–water partition coefficient (Wildman–Crippen LogP) is 6.35. The first-order valence-corrected chi connectivity index (χ1v) is 11.1. The normalized spacial score (nSPS) is 11.9. The van der Waals surface area contributed by atoms with Crippen molar-refractivity contribution in [2.24, 2.45) is 0 Å². The first-order valence-electron chi connectivity index (χ1n) is 11.1. The lowest BCUT2D eigenvalue weighted by molar-refractivity contribution is 0.0190. The summed E-state index contributed by atoms with van der Waals surface area (Å²) in [5, 5.41) is 2.96. The van der Waals surface area contributed by atoms with Gasteiger partial charge >= 0.3 is 0 Å². The summed E-state index contributed by atoms with van der Waals surface area (Å²) in [7, 11) is 0. The highest BCUT2D eigenvalue weighted by Crippen LogP contribution is 2.27. The molecule has 3 aromatic rings. The third-order valence-corrected chi connectivity index (χ3v) is 5.06. The molecule has 0 fully saturated rings. The number of carbonyl (C=O) groups excluding carboxylic acids is 1. The van der Waals surface area contributed by atoms with Crippen LogP contribution in [-0.4, -0.2) is 23.1 Å².